The van der Waals surface area contributed by atoms with Gasteiger partial charge in [-0.05, 0) is 0 Å². The van der Waals surface area contributed by atoms with Gasteiger partial charge in [-0.3, -0.25) is 0 Å². The summed E-state index contributed by atoms with van der Waals surface area (Å²) in [6.07, 6.45) is 0. The van der Waals surface area contributed by atoms with Gasteiger partial charge in [0.05, 0.1) is 0 Å². The molecule has 0 radical (unpaired) electrons. The second kappa shape index (κ2) is 6.86. The van der Waals surface area contributed by atoms with Crippen molar-refractivity contribution in [1.82, 2.24) is 0 Å². The topological polar surface area (TPSA) is 0 Å². The maximum absolute atomic E-state index is 2.12. The Hall–Kier alpha value is -0.534. The third kappa shape index (κ3) is 4.67. The van der Waals surface area contributed by atoms with E-state index >= 15 is 0 Å². The van der Waals surface area contributed by atoms with Crippen molar-refractivity contribution in [2.24, 2.45) is 0 Å². The molecule has 0 aliphatic carbocycles. The van der Waals surface area contributed by atoms with E-state index in [0.717, 1.165) is 0 Å². The molecule has 0 spiro atoms. The molecule has 0 aromatic heterocycles. The van der Waals surface area contributed by atoms with Gasteiger partial charge in [0.15, 0.2) is 0 Å². The first-order valence-corrected chi connectivity index (χ1v) is 4.99. The summed E-state index contributed by atoms with van der Waals surface area (Å²) in [4.78, 5) is 0. The Bertz CT molecular complexity index is 308. The molecule has 0 saturated heterocycles. The van der Waals surface area contributed by atoms with Gasteiger partial charge in [-0.2, -0.15) is 34.4 Å². The maximum Gasteiger partial charge on any atom is 2.00 e. The van der Waals surface area contributed by atoms with Crippen molar-refractivity contribution in [2.75, 3.05) is 0 Å². The Balaban J connectivity index is 0.000000245. The van der Waals surface area contributed by atoms with Gasteiger partial charge in [0.2, 0.25) is 0 Å². The third-order valence-electron chi connectivity index (χ3n) is 2.63. The molecule has 0 aliphatic rings. The minimum Gasteiger partial charge on any atom is -0.213 e. The fourth-order valence-corrected chi connectivity index (χ4v) is 1.20. The van der Waals surface area contributed by atoms with Crippen molar-refractivity contribution >= 4 is 23.1 Å². The van der Waals surface area contributed by atoms with Gasteiger partial charge in [-0.25, -0.2) is 24.3 Å². The van der Waals surface area contributed by atoms with E-state index in [-0.39, 0.29) is 23.1 Å². The SMILES string of the molecule is Cc1ccc[c-]1C.Cc1ccc[c-]1C.[Mg+2]. The minimum atomic E-state index is 0. The van der Waals surface area contributed by atoms with E-state index in [1.807, 2.05) is 0 Å². The number of hydrogen-bond acceptors (Lipinski definition) is 0. The van der Waals surface area contributed by atoms with Gasteiger partial charge in [-0.15, -0.1) is 0 Å². The first-order chi connectivity index (χ1) is 6.61. The van der Waals surface area contributed by atoms with Crippen LogP contribution in [0, 0.1) is 27.7 Å². The number of hydrogen-bond donors (Lipinski definition) is 0. The summed E-state index contributed by atoms with van der Waals surface area (Å²) in [7, 11) is 0. The average Bonchev–Trinajstić information content (AvgIpc) is 2.67. The number of aryl methyl sites for hydroxylation is 4. The first-order valence-electron chi connectivity index (χ1n) is 4.99. The molecule has 0 bridgehead atoms. The summed E-state index contributed by atoms with van der Waals surface area (Å²) in [5, 5.41) is 0. The zero-order valence-corrected chi connectivity index (χ0v) is 11.6. The van der Waals surface area contributed by atoms with Crippen LogP contribution in [0.2, 0.25) is 0 Å². The van der Waals surface area contributed by atoms with Gasteiger partial charge in [0, 0.05) is 0 Å². The third-order valence-corrected chi connectivity index (χ3v) is 2.63. The molecule has 0 unspecified atom stereocenters. The van der Waals surface area contributed by atoms with Crippen LogP contribution in [-0.4, -0.2) is 23.1 Å². The van der Waals surface area contributed by atoms with Crippen LogP contribution in [-0.2, 0) is 0 Å². The summed E-state index contributed by atoms with van der Waals surface area (Å²) in [6.45, 7) is 8.48. The molecule has 0 heterocycles. The molecule has 2 rings (SSSR count). The predicted octanol–water partition coefficient (Wildman–Crippen LogP) is 3.66. The number of rotatable bonds is 0. The standard InChI is InChI=1S/2C7H9.Mg/c2*1-6-4-3-5-7(6)2;/h2*3-5H,1-2H3;/q2*-1;+2. The van der Waals surface area contributed by atoms with E-state index in [0.29, 0.717) is 0 Å². The minimum absolute atomic E-state index is 0. The molecule has 0 atom stereocenters. The van der Waals surface area contributed by atoms with Crippen LogP contribution in [0.3, 0.4) is 0 Å². The normalized spacial score (nSPS) is 8.80. The Kier molecular flexibility index (Phi) is 6.62. The summed E-state index contributed by atoms with van der Waals surface area (Å²) in [6, 6.07) is 12.6. The second-order valence-corrected chi connectivity index (χ2v) is 3.78. The van der Waals surface area contributed by atoms with Crippen LogP contribution >= 0.6 is 0 Å². The van der Waals surface area contributed by atoms with E-state index in [2.05, 4.69) is 64.1 Å². The largest absolute Gasteiger partial charge is 2.00 e. The molecule has 2 aromatic rings. The molecule has 0 fully saturated rings. The Morgan fingerprint density at radius 1 is 0.800 bits per heavy atom. The quantitative estimate of drug-likeness (QED) is 0.460. The van der Waals surface area contributed by atoms with E-state index in [4.69, 9.17) is 0 Å². The van der Waals surface area contributed by atoms with Crippen LogP contribution in [0.15, 0.2) is 36.4 Å². The van der Waals surface area contributed by atoms with Crippen molar-refractivity contribution in [3.05, 3.63) is 58.7 Å². The van der Waals surface area contributed by atoms with E-state index < -0.39 is 0 Å². The van der Waals surface area contributed by atoms with Gasteiger partial charge < -0.3 is 0 Å². The zero-order valence-electron chi connectivity index (χ0n) is 10.2. The summed E-state index contributed by atoms with van der Waals surface area (Å²) in [5.74, 6) is 0. The van der Waals surface area contributed by atoms with Crippen molar-refractivity contribution < 1.29 is 0 Å². The van der Waals surface area contributed by atoms with Crippen LogP contribution in [0.1, 0.15) is 22.3 Å². The fraction of sp³-hybridized carbons (Fsp3) is 0.286. The van der Waals surface area contributed by atoms with Crippen LogP contribution in [0.5, 0.6) is 0 Å². The van der Waals surface area contributed by atoms with Crippen molar-refractivity contribution in [1.29, 1.82) is 0 Å². The van der Waals surface area contributed by atoms with Crippen molar-refractivity contribution in [2.45, 2.75) is 27.7 Å². The monoisotopic (exact) mass is 210 g/mol. The zero-order chi connectivity index (χ0) is 10.6. The fourth-order valence-electron chi connectivity index (χ4n) is 1.20. The Morgan fingerprint density at radius 2 is 1.13 bits per heavy atom. The molecular weight excluding hydrogens is 192 g/mol. The summed E-state index contributed by atoms with van der Waals surface area (Å²) in [5.41, 5.74) is 5.56. The van der Waals surface area contributed by atoms with E-state index in [1.54, 1.807) is 0 Å². The summed E-state index contributed by atoms with van der Waals surface area (Å²) < 4.78 is 0. The Labute approximate surface area is 109 Å². The molecule has 2 aromatic carbocycles. The molecule has 15 heavy (non-hydrogen) atoms. The maximum atomic E-state index is 2.12. The summed E-state index contributed by atoms with van der Waals surface area (Å²) >= 11 is 0. The molecule has 0 nitrogen and oxygen atoms in total. The van der Waals surface area contributed by atoms with Crippen LogP contribution in [0.25, 0.3) is 0 Å². The Morgan fingerprint density at radius 3 is 1.20 bits per heavy atom. The molecule has 76 valence electrons. The second-order valence-electron chi connectivity index (χ2n) is 3.78. The van der Waals surface area contributed by atoms with Crippen molar-refractivity contribution in [3.8, 4) is 0 Å². The van der Waals surface area contributed by atoms with E-state index in [1.165, 1.54) is 22.3 Å². The van der Waals surface area contributed by atoms with Gasteiger partial charge in [0.25, 0.3) is 0 Å². The van der Waals surface area contributed by atoms with Gasteiger partial charge in [0.1, 0.15) is 0 Å². The van der Waals surface area contributed by atoms with Gasteiger partial charge >= 0.3 is 23.1 Å². The molecule has 0 amide bonds. The van der Waals surface area contributed by atoms with Crippen molar-refractivity contribution in [3.63, 3.8) is 0 Å². The predicted molar refractivity (Wildman–Crippen MR) is 68.8 cm³/mol. The van der Waals surface area contributed by atoms with Crippen LogP contribution in [0.4, 0.5) is 0 Å². The molecule has 0 N–H and O–H groups in total. The molecule has 0 aliphatic heterocycles. The average molecular weight is 211 g/mol. The van der Waals surface area contributed by atoms with E-state index in [9.17, 15) is 0 Å². The molecule has 0 saturated carbocycles. The first kappa shape index (κ1) is 14.5. The van der Waals surface area contributed by atoms with Gasteiger partial charge in [-0.1, -0.05) is 27.7 Å². The molecule has 1 heteroatoms. The molecular formula is C14H18Mg. The van der Waals surface area contributed by atoms with Crippen LogP contribution < -0.4 is 0 Å². The smallest absolute Gasteiger partial charge is 0.213 e.